The molecule has 1 atom stereocenters. The molecule has 0 saturated carbocycles. The Kier molecular flexibility index (Phi) is 5.18. The third kappa shape index (κ3) is 3.83. The molecule has 0 saturated heterocycles. The van der Waals surface area contributed by atoms with Gasteiger partial charge in [-0.2, -0.15) is 5.10 Å². The molecular weight excluding hydrogens is 335 g/mol. The van der Waals surface area contributed by atoms with Crippen molar-refractivity contribution in [1.29, 1.82) is 0 Å². The average molecular weight is 356 g/mol. The second kappa shape index (κ2) is 7.53. The van der Waals surface area contributed by atoms with E-state index in [1.807, 2.05) is 38.1 Å². The minimum atomic E-state index is -0.371. The van der Waals surface area contributed by atoms with Gasteiger partial charge in [-0.1, -0.05) is 12.1 Å². The molecule has 0 aliphatic carbocycles. The van der Waals surface area contributed by atoms with Crippen LogP contribution in [-0.4, -0.2) is 41.6 Å². The van der Waals surface area contributed by atoms with Crippen LogP contribution < -0.4 is 5.32 Å². The molecule has 0 aliphatic heterocycles. The van der Waals surface area contributed by atoms with Crippen LogP contribution in [0.25, 0.3) is 11.3 Å². The van der Waals surface area contributed by atoms with Gasteiger partial charge in [-0.25, -0.2) is 4.39 Å². The van der Waals surface area contributed by atoms with E-state index in [1.54, 1.807) is 12.1 Å². The molecule has 6 nitrogen and oxygen atoms in total. The Labute approximate surface area is 151 Å². The third-order valence-electron chi connectivity index (χ3n) is 4.17. The van der Waals surface area contributed by atoms with E-state index < -0.39 is 0 Å². The van der Waals surface area contributed by atoms with Crippen LogP contribution in [0.15, 0.2) is 47.0 Å². The summed E-state index contributed by atoms with van der Waals surface area (Å²) in [6.07, 6.45) is 1.44. The van der Waals surface area contributed by atoms with Gasteiger partial charge < -0.3 is 9.73 Å². The summed E-state index contributed by atoms with van der Waals surface area (Å²) in [5, 5.41) is 9.61. The molecule has 0 unspecified atom stereocenters. The summed E-state index contributed by atoms with van der Waals surface area (Å²) in [6.45, 7) is 2.25. The van der Waals surface area contributed by atoms with E-state index in [4.69, 9.17) is 4.42 Å². The molecule has 3 rings (SSSR count). The number of hydrogen-bond acceptors (Lipinski definition) is 4. The Hall–Kier alpha value is -2.93. The number of aryl methyl sites for hydroxylation is 1. The standard InChI is InChI=1S/C19H21FN4O2/c1-12-7-8-17(26-12)16(24(2)3)11-21-19(25)15-10-22-23-18(15)13-5-4-6-14(20)9-13/h4-10,16H,11H2,1-3H3,(H,21,25)(H,22,23)/t16-/m1/s1. The molecule has 2 aromatic heterocycles. The van der Waals surface area contributed by atoms with Gasteiger partial charge in [0, 0.05) is 12.1 Å². The van der Waals surface area contributed by atoms with Gasteiger partial charge in [0.1, 0.15) is 17.3 Å². The van der Waals surface area contributed by atoms with E-state index in [0.717, 1.165) is 11.5 Å². The molecule has 2 heterocycles. The van der Waals surface area contributed by atoms with Gasteiger partial charge in [0.25, 0.3) is 5.91 Å². The molecule has 1 aromatic carbocycles. The largest absolute Gasteiger partial charge is 0.465 e. The highest BCUT2D eigenvalue weighted by Crippen LogP contribution is 2.23. The molecule has 2 N–H and O–H groups in total. The molecule has 0 fully saturated rings. The van der Waals surface area contributed by atoms with E-state index in [-0.39, 0.29) is 17.8 Å². The van der Waals surface area contributed by atoms with Crippen molar-refractivity contribution in [2.75, 3.05) is 20.6 Å². The van der Waals surface area contributed by atoms with Crippen LogP contribution in [0.1, 0.15) is 27.9 Å². The summed E-state index contributed by atoms with van der Waals surface area (Å²) in [5.74, 6) is 0.948. The minimum Gasteiger partial charge on any atom is -0.465 e. The first kappa shape index (κ1) is 17.9. The quantitative estimate of drug-likeness (QED) is 0.712. The maximum Gasteiger partial charge on any atom is 0.255 e. The number of nitrogens with one attached hydrogen (secondary N) is 2. The number of halogens is 1. The Balaban J connectivity index is 1.75. The van der Waals surface area contributed by atoms with E-state index in [2.05, 4.69) is 15.5 Å². The molecular formula is C19H21FN4O2. The van der Waals surface area contributed by atoms with Crippen LogP contribution in [0.2, 0.25) is 0 Å². The highest BCUT2D eigenvalue weighted by atomic mass is 19.1. The molecule has 26 heavy (non-hydrogen) atoms. The molecule has 136 valence electrons. The summed E-state index contributed by atoms with van der Waals surface area (Å²) in [7, 11) is 3.84. The van der Waals surface area contributed by atoms with Gasteiger partial charge in [-0.3, -0.25) is 14.8 Å². The van der Waals surface area contributed by atoms with Gasteiger partial charge in [-0.15, -0.1) is 0 Å². The topological polar surface area (TPSA) is 74.2 Å². The smallest absolute Gasteiger partial charge is 0.255 e. The number of amides is 1. The number of H-pyrrole nitrogens is 1. The van der Waals surface area contributed by atoms with Gasteiger partial charge >= 0.3 is 0 Å². The fraction of sp³-hybridized carbons (Fsp3) is 0.263. The lowest BCUT2D eigenvalue weighted by atomic mass is 10.1. The van der Waals surface area contributed by atoms with Crippen molar-refractivity contribution in [3.63, 3.8) is 0 Å². The molecule has 3 aromatic rings. The van der Waals surface area contributed by atoms with Crippen molar-refractivity contribution in [3.05, 3.63) is 65.5 Å². The van der Waals surface area contributed by atoms with E-state index >= 15 is 0 Å². The van der Waals surface area contributed by atoms with E-state index in [9.17, 15) is 9.18 Å². The zero-order valence-electron chi connectivity index (χ0n) is 14.9. The number of carbonyl (C=O) groups is 1. The number of benzene rings is 1. The number of nitrogens with zero attached hydrogens (tertiary/aromatic N) is 2. The Morgan fingerprint density at radius 1 is 1.35 bits per heavy atom. The summed E-state index contributed by atoms with van der Waals surface area (Å²) in [4.78, 5) is 14.6. The number of aromatic nitrogens is 2. The second-order valence-corrected chi connectivity index (χ2v) is 6.31. The second-order valence-electron chi connectivity index (χ2n) is 6.31. The lowest BCUT2D eigenvalue weighted by molar-refractivity contribution is 0.0939. The van der Waals surface area contributed by atoms with Crippen LogP contribution in [0.4, 0.5) is 4.39 Å². The van der Waals surface area contributed by atoms with Crippen molar-refractivity contribution >= 4 is 5.91 Å². The first-order chi connectivity index (χ1) is 12.5. The molecule has 0 aliphatic rings. The van der Waals surface area contributed by atoms with E-state index in [1.165, 1.54) is 18.3 Å². The minimum absolute atomic E-state index is 0.0998. The number of carbonyl (C=O) groups excluding carboxylic acids is 1. The van der Waals surface area contributed by atoms with Gasteiger partial charge in [0.15, 0.2) is 0 Å². The van der Waals surface area contributed by atoms with Gasteiger partial charge in [-0.05, 0) is 45.3 Å². The maximum atomic E-state index is 13.5. The highest BCUT2D eigenvalue weighted by Gasteiger charge is 2.21. The Morgan fingerprint density at radius 2 is 2.15 bits per heavy atom. The number of hydrogen-bond donors (Lipinski definition) is 2. The van der Waals surface area contributed by atoms with Crippen molar-refractivity contribution in [3.8, 4) is 11.3 Å². The summed E-state index contributed by atoms with van der Waals surface area (Å²) < 4.78 is 19.2. The summed E-state index contributed by atoms with van der Waals surface area (Å²) in [6, 6.07) is 9.73. The van der Waals surface area contributed by atoms with Crippen molar-refractivity contribution in [2.24, 2.45) is 0 Å². The fourth-order valence-electron chi connectivity index (χ4n) is 2.78. The molecule has 0 radical (unpaired) electrons. The maximum absolute atomic E-state index is 13.5. The van der Waals surface area contributed by atoms with Crippen molar-refractivity contribution in [2.45, 2.75) is 13.0 Å². The number of aromatic amines is 1. The van der Waals surface area contributed by atoms with Crippen molar-refractivity contribution in [1.82, 2.24) is 20.4 Å². The SMILES string of the molecule is Cc1ccc([C@@H](CNC(=O)c2cn[nH]c2-c2cccc(F)c2)N(C)C)o1. The lowest BCUT2D eigenvalue weighted by Crippen LogP contribution is -2.34. The van der Waals surface area contributed by atoms with Gasteiger partial charge in [0.05, 0.1) is 23.5 Å². The predicted octanol–water partition coefficient (Wildman–Crippen LogP) is 3.15. The number of furan rings is 1. The van der Waals surface area contributed by atoms with Crippen LogP contribution in [0.3, 0.4) is 0 Å². The van der Waals surface area contributed by atoms with Crippen LogP contribution in [-0.2, 0) is 0 Å². The molecule has 1 amide bonds. The monoisotopic (exact) mass is 356 g/mol. The summed E-state index contributed by atoms with van der Waals surface area (Å²) in [5.41, 5.74) is 1.42. The first-order valence-electron chi connectivity index (χ1n) is 8.26. The fourth-order valence-corrected chi connectivity index (χ4v) is 2.78. The molecule has 0 bridgehead atoms. The van der Waals surface area contributed by atoms with Gasteiger partial charge in [0.2, 0.25) is 0 Å². The third-order valence-corrected chi connectivity index (χ3v) is 4.17. The Morgan fingerprint density at radius 3 is 2.81 bits per heavy atom. The molecule has 0 spiro atoms. The summed E-state index contributed by atoms with van der Waals surface area (Å²) >= 11 is 0. The van der Waals surface area contributed by atoms with Crippen LogP contribution in [0.5, 0.6) is 0 Å². The van der Waals surface area contributed by atoms with Crippen molar-refractivity contribution < 1.29 is 13.6 Å². The number of rotatable bonds is 6. The first-order valence-corrected chi connectivity index (χ1v) is 8.26. The zero-order chi connectivity index (χ0) is 18.7. The number of likely N-dealkylation sites (N-methyl/N-ethyl adjacent to an activating group) is 1. The predicted molar refractivity (Wildman–Crippen MR) is 96.2 cm³/mol. The zero-order valence-corrected chi connectivity index (χ0v) is 14.9. The van der Waals surface area contributed by atoms with Crippen LogP contribution >= 0.6 is 0 Å². The highest BCUT2D eigenvalue weighted by molar-refractivity contribution is 5.99. The molecule has 7 heteroatoms. The normalized spacial score (nSPS) is 12.3. The van der Waals surface area contributed by atoms with Crippen LogP contribution in [0, 0.1) is 12.7 Å². The van der Waals surface area contributed by atoms with E-state index in [0.29, 0.717) is 23.4 Å². The average Bonchev–Trinajstić information content (AvgIpc) is 3.24. The lowest BCUT2D eigenvalue weighted by Gasteiger charge is -2.22. The Bertz CT molecular complexity index is 900.